The van der Waals surface area contributed by atoms with Crippen LogP contribution in [0.25, 0.3) is 0 Å². The maximum atomic E-state index is 12.4. The second-order valence-electron chi connectivity index (χ2n) is 4.53. The molecule has 4 heteroatoms. The van der Waals surface area contributed by atoms with Crippen LogP contribution in [0.2, 0.25) is 0 Å². The molecule has 1 aromatic carbocycles. The predicted molar refractivity (Wildman–Crippen MR) is 60.5 cm³/mol. The van der Waals surface area contributed by atoms with E-state index in [4.69, 9.17) is 0 Å². The molecular formula is C13H17F3O. The van der Waals surface area contributed by atoms with E-state index in [0.717, 1.165) is 18.6 Å². The number of alkyl halides is 3. The van der Waals surface area contributed by atoms with Gasteiger partial charge in [0, 0.05) is 0 Å². The molecule has 0 bridgehead atoms. The van der Waals surface area contributed by atoms with Crippen LogP contribution >= 0.6 is 0 Å². The van der Waals surface area contributed by atoms with E-state index in [1.165, 1.54) is 12.1 Å². The zero-order valence-corrected chi connectivity index (χ0v) is 10.2. The third-order valence-electron chi connectivity index (χ3n) is 3.37. The van der Waals surface area contributed by atoms with Crippen molar-refractivity contribution >= 4 is 0 Å². The minimum atomic E-state index is -4.33. The van der Waals surface area contributed by atoms with Crippen molar-refractivity contribution in [2.24, 2.45) is 5.92 Å². The summed E-state index contributed by atoms with van der Waals surface area (Å²) in [6.07, 6.45) is -3.57. The Labute approximate surface area is 99.3 Å². The van der Waals surface area contributed by atoms with E-state index in [2.05, 4.69) is 0 Å². The van der Waals surface area contributed by atoms with Crippen molar-refractivity contribution in [3.63, 3.8) is 0 Å². The van der Waals surface area contributed by atoms with Crippen molar-refractivity contribution in [2.75, 3.05) is 0 Å². The Morgan fingerprint density at radius 2 is 1.53 bits per heavy atom. The van der Waals surface area contributed by atoms with E-state index in [-0.39, 0.29) is 5.92 Å². The molecule has 1 rings (SSSR count). The molecule has 1 nitrogen and oxygen atoms in total. The fourth-order valence-electron chi connectivity index (χ4n) is 1.68. The topological polar surface area (TPSA) is 20.2 Å². The molecule has 0 fully saturated rings. The molecule has 0 saturated heterocycles. The first-order chi connectivity index (χ1) is 7.69. The van der Waals surface area contributed by atoms with Gasteiger partial charge in [-0.05, 0) is 30.5 Å². The average molecular weight is 246 g/mol. The Balaban J connectivity index is 3.03. The number of rotatable bonds is 3. The van der Waals surface area contributed by atoms with Crippen LogP contribution in [0.4, 0.5) is 13.2 Å². The first-order valence-electron chi connectivity index (χ1n) is 5.59. The molecule has 0 amide bonds. The van der Waals surface area contributed by atoms with Crippen LogP contribution in [0.3, 0.4) is 0 Å². The number of hydrogen-bond acceptors (Lipinski definition) is 1. The molecule has 0 aromatic heterocycles. The van der Waals surface area contributed by atoms with Gasteiger partial charge in [-0.2, -0.15) is 13.2 Å². The maximum absolute atomic E-state index is 12.4. The summed E-state index contributed by atoms with van der Waals surface area (Å²) in [5, 5.41) is 10.3. The van der Waals surface area contributed by atoms with Crippen LogP contribution in [-0.4, -0.2) is 5.11 Å². The smallest absolute Gasteiger partial charge is 0.385 e. The molecule has 0 radical (unpaired) electrons. The van der Waals surface area contributed by atoms with Crippen molar-refractivity contribution in [1.29, 1.82) is 0 Å². The molecule has 0 aliphatic heterocycles. The normalized spacial score (nSPS) is 17.6. The zero-order chi connectivity index (χ0) is 13.3. The minimum Gasteiger partial charge on any atom is -0.385 e. The summed E-state index contributed by atoms with van der Waals surface area (Å²) in [6.45, 7) is 5.44. The van der Waals surface area contributed by atoms with Gasteiger partial charge in [0.05, 0.1) is 11.2 Å². The van der Waals surface area contributed by atoms with E-state index < -0.39 is 17.3 Å². The molecule has 0 aliphatic rings. The van der Waals surface area contributed by atoms with Crippen molar-refractivity contribution in [3.8, 4) is 0 Å². The van der Waals surface area contributed by atoms with Gasteiger partial charge in [0.2, 0.25) is 0 Å². The largest absolute Gasteiger partial charge is 0.416 e. The molecular weight excluding hydrogens is 229 g/mol. The maximum Gasteiger partial charge on any atom is 0.416 e. The molecule has 0 heterocycles. The third kappa shape index (κ3) is 3.00. The monoisotopic (exact) mass is 246 g/mol. The number of aliphatic hydroxyl groups is 1. The van der Waals surface area contributed by atoms with Gasteiger partial charge in [-0.1, -0.05) is 32.4 Å². The Morgan fingerprint density at radius 3 is 1.88 bits per heavy atom. The Morgan fingerprint density at radius 1 is 1.12 bits per heavy atom. The minimum absolute atomic E-state index is 0.0146. The van der Waals surface area contributed by atoms with Gasteiger partial charge in [0.1, 0.15) is 0 Å². The quantitative estimate of drug-likeness (QED) is 0.855. The van der Waals surface area contributed by atoms with Crippen molar-refractivity contribution in [1.82, 2.24) is 0 Å². The van der Waals surface area contributed by atoms with Crippen LogP contribution in [0.15, 0.2) is 24.3 Å². The number of benzene rings is 1. The summed E-state index contributed by atoms with van der Waals surface area (Å²) in [6, 6.07) is 4.70. The second-order valence-corrected chi connectivity index (χ2v) is 4.53. The lowest BCUT2D eigenvalue weighted by Gasteiger charge is -2.30. The standard InChI is InChI=1S/C13H17F3O/c1-4-9(2)12(3,17)10-5-7-11(8-6-10)13(14,15)16/h5-9,17H,4H2,1-3H3. The Kier molecular flexibility index (Phi) is 3.87. The summed E-state index contributed by atoms with van der Waals surface area (Å²) in [4.78, 5) is 0. The fourth-order valence-corrected chi connectivity index (χ4v) is 1.68. The van der Waals surface area contributed by atoms with Gasteiger partial charge in [-0.3, -0.25) is 0 Å². The lowest BCUT2D eigenvalue weighted by Crippen LogP contribution is -2.29. The van der Waals surface area contributed by atoms with Crippen LogP contribution in [0, 0.1) is 5.92 Å². The second kappa shape index (κ2) is 4.69. The third-order valence-corrected chi connectivity index (χ3v) is 3.37. The van der Waals surface area contributed by atoms with Crippen molar-refractivity contribution in [3.05, 3.63) is 35.4 Å². The fraction of sp³-hybridized carbons (Fsp3) is 0.538. The number of halogens is 3. The van der Waals surface area contributed by atoms with E-state index in [9.17, 15) is 18.3 Å². The highest BCUT2D eigenvalue weighted by Crippen LogP contribution is 2.34. The predicted octanol–water partition coefficient (Wildman–Crippen LogP) is 3.96. The molecule has 2 atom stereocenters. The van der Waals surface area contributed by atoms with Gasteiger partial charge >= 0.3 is 6.18 Å². The van der Waals surface area contributed by atoms with Gasteiger partial charge in [-0.25, -0.2) is 0 Å². The van der Waals surface area contributed by atoms with Crippen LogP contribution in [0.5, 0.6) is 0 Å². The highest BCUT2D eigenvalue weighted by atomic mass is 19.4. The number of hydrogen-bond donors (Lipinski definition) is 1. The SMILES string of the molecule is CCC(C)C(C)(O)c1ccc(C(F)(F)F)cc1. The van der Waals surface area contributed by atoms with E-state index in [1.54, 1.807) is 6.92 Å². The summed E-state index contributed by atoms with van der Waals surface area (Å²) < 4.78 is 37.1. The van der Waals surface area contributed by atoms with Gasteiger partial charge in [0.25, 0.3) is 0 Å². The molecule has 0 aliphatic carbocycles. The van der Waals surface area contributed by atoms with E-state index >= 15 is 0 Å². The van der Waals surface area contributed by atoms with Gasteiger partial charge < -0.3 is 5.11 Å². The zero-order valence-electron chi connectivity index (χ0n) is 10.2. The lowest BCUT2D eigenvalue weighted by molar-refractivity contribution is -0.137. The average Bonchev–Trinajstić information content (AvgIpc) is 2.27. The molecule has 96 valence electrons. The summed E-state index contributed by atoms with van der Waals surface area (Å²) in [7, 11) is 0. The molecule has 1 N–H and O–H groups in total. The molecule has 1 aromatic rings. The van der Waals surface area contributed by atoms with Crippen LogP contribution < -0.4 is 0 Å². The highest BCUT2D eigenvalue weighted by molar-refractivity contribution is 5.28. The molecule has 2 unspecified atom stereocenters. The Bertz CT molecular complexity index is 365. The summed E-state index contributed by atoms with van der Waals surface area (Å²) in [5.74, 6) is -0.0146. The van der Waals surface area contributed by atoms with E-state index in [0.29, 0.717) is 5.56 Å². The molecule has 17 heavy (non-hydrogen) atoms. The molecule has 0 saturated carbocycles. The van der Waals surface area contributed by atoms with Crippen LogP contribution in [0.1, 0.15) is 38.3 Å². The van der Waals surface area contributed by atoms with Gasteiger partial charge in [0.15, 0.2) is 0 Å². The highest BCUT2D eigenvalue weighted by Gasteiger charge is 2.33. The summed E-state index contributed by atoms with van der Waals surface area (Å²) >= 11 is 0. The summed E-state index contributed by atoms with van der Waals surface area (Å²) in [5.41, 5.74) is -1.28. The first kappa shape index (κ1) is 14.0. The van der Waals surface area contributed by atoms with Crippen molar-refractivity contribution in [2.45, 2.75) is 39.0 Å². The van der Waals surface area contributed by atoms with Gasteiger partial charge in [-0.15, -0.1) is 0 Å². The Hall–Kier alpha value is -1.03. The lowest BCUT2D eigenvalue weighted by atomic mass is 9.82. The first-order valence-corrected chi connectivity index (χ1v) is 5.59. The van der Waals surface area contributed by atoms with Crippen LogP contribution in [-0.2, 0) is 11.8 Å². The van der Waals surface area contributed by atoms with E-state index in [1.807, 2.05) is 13.8 Å². The molecule has 0 spiro atoms. The van der Waals surface area contributed by atoms with Crippen molar-refractivity contribution < 1.29 is 18.3 Å².